The van der Waals surface area contributed by atoms with Gasteiger partial charge in [-0.05, 0) is 37.3 Å². The van der Waals surface area contributed by atoms with E-state index in [1.54, 1.807) is 0 Å². The van der Waals surface area contributed by atoms with Crippen molar-refractivity contribution in [1.29, 1.82) is 0 Å². The first-order chi connectivity index (χ1) is 11.5. The van der Waals surface area contributed by atoms with Crippen LogP contribution < -0.4 is 5.32 Å². The van der Waals surface area contributed by atoms with Crippen LogP contribution in [0.15, 0.2) is 53.1 Å². The molecule has 122 valence electrons. The summed E-state index contributed by atoms with van der Waals surface area (Å²) in [5.41, 5.74) is 2.84. The van der Waals surface area contributed by atoms with E-state index in [1.807, 2.05) is 31.2 Å². The van der Waals surface area contributed by atoms with Gasteiger partial charge in [-0.15, -0.1) is 0 Å². The third-order valence-electron chi connectivity index (χ3n) is 3.52. The van der Waals surface area contributed by atoms with Gasteiger partial charge in [-0.2, -0.15) is 0 Å². The molecule has 1 aromatic heterocycles. The summed E-state index contributed by atoms with van der Waals surface area (Å²) in [7, 11) is 0. The number of nitrogens with zero attached hydrogens (tertiary/aromatic N) is 1. The molecule has 3 aromatic rings. The van der Waals surface area contributed by atoms with Crippen molar-refractivity contribution in [1.82, 2.24) is 10.3 Å². The second-order valence-corrected chi connectivity index (χ2v) is 5.40. The summed E-state index contributed by atoms with van der Waals surface area (Å²) in [6.45, 7) is 2.19. The minimum atomic E-state index is -0.384. The van der Waals surface area contributed by atoms with Gasteiger partial charge in [0.05, 0.1) is 12.2 Å². The Bertz CT molecular complexity index is 869. The van der Waals surface area contributed by atoms with E-state index in [1.165, 1.54) is 24.5 Å². The summed E-state index contributed by atoms with van der Waals surface area (Å²) >= 11 is 0. The van der Waals surface area contributed by atoms with Crippen LogP contribution in [0.2, 0.25) is 0 Å². The molecule has 24 heavy (non-hydrogen) atoms. The Hall–Kier alpha value is -3.28. The topological polar surface area (TPSA) is 95.6 Å². The Kier molecular flexibility index (Phi) is 4.20. The van der Waals surface area contributed by atoms with Crippen LogP contribution in [0.4, 0.5) is 0 Å². The number of hydrogen-bond acceptors (Lipinski definition) is 5. The largest absolute Gasteiger partial charge is 0.504 e. The quantitative estimate of drug-likeness (QED) is 0.641. The first-order valence-electron chi connectivity index (χ1n) is 7.34. The van der Waals surface area contributed by atoms with Crippen molar-refractivity contribution in [2.75, 3.05) is 0 Å². The fourth-order valence-electron chi connectivity index (χ4n) is 2.15. The maximum absolute atomic E-state index is 12.0. The number of phenolic OH excluding ortho intramolecular Hbond substituents is 2. The van der Waals surface area contributed by atoms with Gasteiger partial charge >= 0.3 is 0 Å². The molecule has 0 aliphatic carbocycles. The number of nitrogens with one attached hydrogen (secondary N) is 1. The summed E-state index contributed by atoms with van der Waals surface area (Å²) in [6.07, 6.45) is 1.49. The van der Waals surface area contributed by atoms with Gasteiger partial charge in [0.25, 0.3) is 5.91 Å². The SMILES string of the molecule is Cc1ccc(-c2nc(CNC(=O)c3ccc(O)c(O)c3)co2)cc1. The van der Waals surface area contributed by atoms with Crippen LogP contribution in [0.3, 0.4) is 0 Å². The summed E-state index contributed by atoms with van der Waals surface area (Å²) < 4.78 is 5.43. The number of aryl methyl sites for hydroxylation is 1. The predicted octanol–water partition coefficient (Wildman–Crippen LogP) is 2.99. The average Bonchev–Trinajstić information content (AvgIpc) is 3.05. The molecule has 0 aliphatic rings. The van der Waals surface area contributed by atoms with E-state index >= 15 is 0 Å². The fraction of sp³-hybridized carbons (Fsp3) is 0.111. The molecule has 0 spiro atoms. The zero-order valence-corrected chi connectivity index (χ0v) is 13.0. The van der Waals surface area contributed by atoms with Crippen LogP contribution in [-0.4, -0.2) is 21.1 Å². The van der Waals surface area contributed by atoms with Crippen molar-refractivity contribution in [3.8, 4) is 23.0 Å². The lowest BCUT2D eigenvalue weighted by Crippen LogP contribution is -2.22. The van der Waals surface area contributed by atoms with Gasteiger partial charge in [-0.25, -0.2) is 4.98 Å². The molecule has 2 aromatic carbocycles. The lowest BCUT2D eigenvalue weighted by atomic mass is 10.1. The zero-order valence-electron chi connectivity index (χ0n) is 13.0. The minimum Gasteiger partial charge on any atom is -0.504 e. The number of rotatable bonds is 4. The molecule has 0 radical (unpaired) electrons. The van der Waals surface area contributed by atoms with E-state index in [9.17, 15) is 15.0 Å². The molecule has 6 nitrogen and oxygen atoms in total. The highest BCUT2D eigenvalue weighted by Crippen LogP contribution is 2.25. The number of aromatic nitrogens is 1. The number of aromatic hydroxyl groups is 2. The summed E-state index contributed by atoms with van der Waals surface area (Å²) in [5, 5.41) is 21.4. The van der Waals surface area contributed by atoms with E-state index in [0.717, 1.165) is 11.1 Å². The van der Waals surface area contributed by atoms with Crippen LogP contribution in [0.25, 0.3) is 11.5 Å². The van der Waals surface area contributed by atoms with Crippen molar-refractivity contribution in [2.24, 2.45) is 0 Å². The van der Waals surface area contributed by atoms with Crippen LogP contribution >= 0.6 is 0 Å². The van der Waals surface area contributed by atoms with Gasteiger partial charge in [0.15, 0.2) is 11.5 Å². The Balaban J connectivity index is 1.65. The Morgan fingerprint density at radius 2 is 1.88 bits per heavy atom. The third kappa shape index (κ3) is 3.38. The predicted molar refractivity (Wildman–Crippen MR) is 87.6 cm³/mol. The molecule has 0 saturated heterocycles. The molecule has 1 heterocycles. The first-order valence-corrected chi connectivity index (χ1v) is 7.34. The number of carbonyl (C=O) groups is 1. The van der Waals surface area contributed by atoms with Gasteiger partial charge in [0.1, 0.15) is 6.26 Å². The van der Waals surface area contributed by atoms with E-state index in [0.29, 0.717) is 11.6 Å². The van der Waals surface area contributed by atoms with Crippen molar-refractivity contribution in [3.63, 3.8) is 0 Å². The molecule has 0 saturated carbocycles. The molecule has 3 N–H and O–H groups in total. The van der Waals surface area contributed by atoms with E-state index in [2.05, 4.69) is 10.3 Å². The smallest absolute Gasteiger partial charge is 0.251 e. The summed E-state index contributed by atoms with van der Waals surface area (Å²) in [6, 6.07) is 11.7. The van der Waals surface area contributed by atoms with Crippen molar-refractivity contribution in [2.45, 2.75) is 13.5 Å². The number of hydrogen-bond donors (Lipinski definition) is 3. The van der Waals surface area contributed by atoms with Crippen molar-refractivity contribution < 1.29 is 19.4 Å². The van der Waals surface area contributed by atoms with Gasteiger partial charge in [-0.1, -0.05) is 17.7 Å². The van der Waals surface area contributed by atoms with E-state index in [-0.39, 0.29) is 29.5 Å². The molecule has 3 rings (SSSR count). The fourth-order valence-corrected chi connectivity index (χ4v) is 2.15. The monoisotopic (exact) mass is 324 g/mol. The number of phenols is 2. The van der Waals surface area contributed by atoms with Gasteiger partial charge in [-0.3, -0.25) is 4.79 Å². The molecule has 1 amide bonds. The van der Waals surface area contributed by atoms with Crippen LogP contribution in [0.1, 0.15) is 21.6 Å². The molecule has 6 heteroatoms. The van der Waals surface area contributed by atoms with E-state index < -0.39 is 0 Å². The van der Waals surface area contributed by atoms with Crippen molar-refractivity contribution >= 4 is 5.91 Å². The first kappa shape index (κ1) is 15.6. The van der Waals surface area contributed by atoms with Gasteiger partial charge in [0.2, 0.25) is 5.89 Å². The molecular formula is C18H16N2O4. The third-order valence-corrected chi connectivity index (χ3v) is 3.52. The summed E-state index contributed by atoms with van der Waals surface area (Å²) in [4.78, 5) is 16.4. The second kappa shape index (κ2) is 6.45. The average molecular weight is 324 g/mol. The number of benzene rings is 2. The minimum absolute atomic E-state index is 0.190. The normalized spacial score (nSPS) is 10.5. The van der Waals surface area contributed by atoms with Gasteiger partial charge < -0.3 is 19.9 Å². The van der Waals surface area contributed by atoms with Gasteiger partial charge in [0, 0.05) is 11.1 Å². The molecule has 0 unspecified atom stereocenters. The second-order valence-electron chi connectivity index (χ2n) is 5.40. The molecule has 0 fully saturated rings. The lowest BCUT2D eigenvalue weighted by molar-refractivity contribution is 0.0950. The molecule has 0 bridgehead atoms. The molecular weight excluding hydrogens is 308 g/mol. The van der Waals surface area contributed by atoms with Crippen LogP contribution in [0, 0.1) is 6.92 Å². The maximum Gasteiger partial charge on any atom is 0.251 e. The maximum atomic E-state index is 12.0. The lowest BCUT2D eigenvalue weighted by Gasteiger charge is -2.04. The highest BCUT2D eigenvalue weighted by Gasteiger charge is 2.11. The zero-order chi connectivity index (χ0) is 17.1. The van der Waals surface area contributed by atoms with Crippen LogP contribution in [-0.2, 0) is 6.54 Å². The highest BCUT2D eigenvalue weighted by atomic mass is 16.3. The highest BCUT2D eigenvalue weighted by molar-refractivity contribution is 5.94. The summed E-state index contributed by atoms with van der Waals surface area (Å²) in [5.74, 6) is -0.511. The molecule has 0 atom stereocenters. The Morgan fingerprint density at radius 3 is 2.58 bits per heavy atom. The Morgan fingerprint density at radius 1 is 1.12 bits per heavy atom. The standard InChI is InChI=1S/C18H16N2O4/c1-11-2-4-12(5-3-11)18-20-14(10-24-18)9-19-17(23)13-6-7-15(21)16(22)8-13/h2-8,10,21-22H,9H2,1H3,(H,19,23). The number of carbonyl (C=O) groups excluding carboxylic acids is 1. The van der Waals surface area contributed by atoms with E-state index in [4.69, 9.17) is 4.42 Å². The number of amides is 1. The molecule has 0 aliphatic heterocycles. The van der Waals surface area contributed by atoms with Crippen molar-refractivity contribution in [3.05, 3.63) is 65.5 Å². The Labute approximate surface area is 138 Å². The number of oxazole rings is 1. The van der Waals surface area contributed by atoms with Crippen LogP contribution in [0.5, 0.6) is 11.5 Å².